The van der Waals surface area contributed by atoms with E-state index in [1.165, 1.54) is 22.7 Å². The minimum absolute atomic E-state index is 0.0683. The molecule has 22 heavy (non-hydrogen) atoms. The van der Waals surface area contributed by atoms with Gasteiger partial charge in [-0.25, -0.2) is 4.98 Å². The Morgan fingerprint density at radius 1 is 1.36 bits per heavy atom. The molecule has 0 saturated carbocycles. The van der Waals surface area contributed by atoms with Crippen molar-refractivity contribution in [1.29, 1.82) is 0 Å². The van der Waals surface area contributed by atoms with Gasteiger partial charge in [-0.1, -0.05) is 6.92 Å². The molecule has 0 fully saturated rings. The minimum atomic E-state index is -0.0928. The van der Waals surface area contributed by atoms with Crippen LogP contribution in [0.15, 0.2) is 16.8 Å². The molecule has 0 saturated heterocycles. The smallest absolute Gasteiger partial charge is 0.252 e. The van der Waals surface area contributed by atoms with Crippen molar-refractivity contribution >= 4 is 39.6 Å². The van der Waals surface area contributed by atoms with Crippen molar-refractivity contribution in [3.05, 3.63) is 33.0 Å². The van der Waals surface area contributed by atoms with E-state index in [0.29, 0.717) is 30.1 Å². The van der Waals surface area contributed by atoms with Crippen LogP contribution in [0.5, 0.6) is 0 Å². The molecule has 118 valence electrons. The number of rotatable bonds is 7. The van der Waals surface area contributed by atoms with Gasteiger partial charge >= 0.3 is 0 Å². The Hall–Kier alpha value is -1.73. The van der Waals surface area contributed by atoms with Gasteiger partial charge in [0.15, 0.2) is 5.13 Å². The van der Waals surface area contributed by atoms with Crippen molar-refractivity contribution in [1.82, 2.24) is 10.3 Å². The van der Waals surface area contributed by atoms with Crippen LogP contribution in [-0.2, 0) is 11.2 Å². The predicted molar refractivity (Wildman–Crippen MR) is 90.7 cm³/mol. The lowest BCUT2D eigenvalue weighted by Crippen LogP contribution is -2.25. The van der Waals surface area contributed by atoms with Gasteiger partial charge in [0.2, 0.25) is 5.91 Å². The second-order valence-corrected chi connectivity index (χ2v) is 6.78. The number of hydrogen-bond donors (Lipinski definition) is 2. The van der Waals surface area contributed by atoms with Crippen LogP contribution in [0.1, 0.15) is 40.7 Å². The summed E-state index contributed by atoms with van der Waals surface area (Å²) in [6.07, 6.45) is 1.84. The van der Waals surface area contributed by atoms with Crippen molar-refractivity contribution < 1.29 is 9.59 Å². The third kappa shape index (κ3) is 4.64. The quantitative estimate of drug-likeness (QED) is 0.762. The summed E-state index contributed by atoms with van der Waals surface area (Å²) < 4.78 is 0. The predicted octanol–water partition coefficient (Wildman–Crippen LogP) is 3.22. The first kappa shape index (κ1) is 16.6. The van der Waals surface area contributed by atoms with Gasteiger partial charge in [0.1, 0.15) is 0 Å². The molecule has 0 aromatic carbocycles. The van der Waals surface area contributed by atoms with Crippen LogP contribution in [0, 0.1) is 6.92 Å². The number of amides is 2. The Morgan fingerprint density at radius 3 is 2.82 bits per heavy atom. The van der Waals surface area contributed by atoms with E-state index in [4.69, 9.17) is 0 Å². The van der Waals surface area contributed by atoms with Gasteiger partial charge < -0.3 is 10.6 Å². The topological polar surface area (TPSA) is 71.1 Å². The average molecular weight is 337 g/mol. The Kier molecular flexibility index (Phi) is 6.09. The number of nitrogens with zero attached hydrogens (tertiary/aromatic N) is 1. The molecule has 0 atom stereocenters. The van der Waals surface area contributed by atoms with Crippen molar-refractivity contribution in [2.45, 2.75) is 33.1 Å². The first-order chi connectivity index (χ1) is 10.6. The standard InChI is InChI=1S/C15H19N3O2S2/c1-3-12-10(2)22-15(17-12)18-13(19)5-4-7-16-14(20)11-6-8-21-9-11/h6,8-9H,3-5,7H2,1-2H3,(H,16,20)(H,17,18,19). The number of thiophene rings is 1. The van der Waals surface area contributed by atoms with Crippen molar-refractivity contribution in [2.75, 3.05) is 11.9 Å². The molecule has 0 bridgehead atoms. The van der Waals surface area contributed by atoms with Crippen LogP contribution in [-0.4, -0.2) is 23.3 Å². The van der Waals surface area contributed by atoms with E-state index in [9.17, 15) is 9.59 Å². The van der Waals surface area contributed by atoms with Gasteiger partial charge in [-0.2, -0.15) is 11.3 Å². The molecule has 2 N–H and O–H groups in total. The zero-order valence-corrected chi connectivity index (χ0v) is 14.3. The summed E-state index contributed by atoms with van der Waals surface area (Å²) in [5.74, 6) is -0.161. The number of hydrogen-bond acceptors (Lipinski definition) is 5. The molecule has 2 amide bonds. The lowest BCUT2D eigenvalue weighted by atomic mass is 10.2. The largest absolute Gasteiger partial charge is 0.352 e. The zero-order chi connectivity index (χ0) is 15.9. The summed E-state index contributed by atoms with van der Waals surface area (Å²) >= 11 is 2.99. The Bertz CT molecular complexity index is 635. The van der Waals surface area contributed by atoms with Gasteiger partial charge in [-0.15, -0.1) is 11.3 Å². The number of carbonyl (C=O) groups excluding carboxylic acids is 2. The van der Waals surface area contributed by atoms with Gasteiger partial charge in [0.25, 0.3) is 5.91 Å². The molecule has 7 heteroatoms. The summed E-state index contributed by atoms with van der Waals surface area (Å²) in [5, 5.41) is 9.93. The maximum absolute atomic E-state index is 11.8. The van der Waals surface area contributed by atoms with Crippen LogP contribution >= 0.6 is 22.7 Å². The van der Waals surface area contributed by atoms with E-state index < -0.39 is 0 Å². The van der Waals surface area contributed by atoms with E-state index in [1.54, 1.807) is 11.4 Å². The summed E-state index contributed by atoms with van der Waals surface area (Å²) in [5.41, 5.74) is 1.70. The van der Waals surface area contributed by atoms with Gasteiger partial charge in [-0.3, -0.25) is 9.59 Å². The minimum Gasteiger partial charge on any atom is -0.352 e. The van der Waals surface area contributed by atoms with E-state index in [2.05, 4.69) is 15.6 Å². The number of carbonyl (C=O) groups is 2. The highest BCUT2D eigenvalue weighted by atomic mass is 32.1. The van der Waals surface area contributed by atoms with Crippen LogP contribution in [0.25, 0.3) is 0 Å². The molecule has 0 aliphatic carbocycles. The van der Waals surface area contributed by atoms with E-state index in [0.717, 1.165) is 17.0 Å². The van der Waals surface area contributed by atoms with E-state index in [-0.39, 0.29) is 11.8 Å². The first-order valence-electron chi connectivity index (χ1n) is 7.16. The molecule has 2 aromatic heterocycles. The molecular weight excluding hydrogens is 318 g/mol. The second kappa shape index (κ2) is 8.05. The monoisotopic (exact) mass is 337 g/mol. The Labute approximate surface area is 137 Å². The number of aryl methyl sites for hydroxylation is 2. The van der Waals surface area contributed by atoms with Crippen LogP contribution in [0.3, 0.4) is 0 Å². The summed E-state index contributed by atoms with van der Waals surface area (Å²) in [6.45, 7) is 4.54. The number of nitrogens with one attached hydrogen (secondary N) is 2. The van der Waals surface area contributed by atoms with Crippen LogP contribution in [0.2, 0.25) is 0 Å². The number of thiazole rings is 1. The van der Waals surface area contributed by atoms with Gasteiger partial charge in [-0.05, 0) is 31.2 Å². The average Bonchev–Trinajstić information content (AvgIpc) is 3.13. The Morgan fingerprint density at radius 2 is 2.18 bits per heavy atom. The molecule has 0 radical (unpaired) electrons. The fraction of sp³-hybridized carbons (Fsp3) is 0.400. The molecule has 0 spiro atoms. The molecule has 0 aliphatic rings. The van der Waals surface area contributed by atoms with Gasteiger partial charge in [0.05, 0.1) is 5.69 Å². The highest BCUT2D eigenvalue weighted by Crippen LogP contribution is 2.22. The third-order valence-electron chi connectivity index (χ3n) is 3.12. The number of anilines is 1. The Balaban J connectivity index is 1.68. The lowest BCUT2D eigenvalue weighted by Gasteiger charge is -2.04. The molecule has 5 nitrogen and oxygen atoms in total. The molecule has 2 heterocycles. The van der Waals surface area contributed by atoms with Crippen molar-refractivity contribution in [3.63, 3.8) is 0 Å². The van der Waals surface area contributed by atoms with Crippen molar-refractivity contribution in [3.8, 4) is 0 Å². The SMILES string of the molecule is CCc1nc(NC(=O)CCCNC(=O)c2ccsc2)sc1C. The third-order valence-corrected chi connectivity index (χ3v) is 4.74. The second-order valence-electron chi connectivity index (χ2n) is 4.80. The molecule has 2 rings (SSSR count). The molecular formula is C15H19N3O2S2. The highest BCUT2D eigenvalue weighted by molar-refractivity contribution is 7.15. The maximum atomic E-state index is 11.8. The van der Waals surface area contributed by atoms with E-state index in [1.807, 2.05) is 19.2 Å². The molecule has 0 aliphatic heterocycles. The lowest BCUT2D eigenvalue weighted by molar-refractivity contribution is -0.116. The molecule has 0 unspecified atom stereocenters. The van der Waals surface area contributed by atoms with Gasteiger partial charge in [0, 0.05) is 28.8 Å². The number of aromatic nitrogens is 1. The fourth-order valence-electron chi connectivity index (χ4n) is 1.94. The molecule has 2 aromatic rings. The van der Waals surface area contributed by atoms with Crippen LogP contribution < -0.4 is 10.6 Å². The van der Waals surface area contributed by atoms with Crippen LogP contribution in [0.4, 0.5) is 5.13 Å². The van der Waals surface area contributed by atoms with Crippen molar-refractivity contribution in [2.24, 2.45) is 0 Å². The fourth-order valence-corrected chi connectivity index (χ4v) is 3.49. The zero-order valence-electron chi connectivity index (χ0n) is 12.6. The van der Waals surface area contributed by atoms with E-state index >= 15 is 0 Å². The summed E-state index contributed by atoms with van der Waals surface area (Å²) in [6, 6.07) is 1.78. The maximum Gasteiger partial charge on any atom is 0.252 e. The highest BCUT2D eigenvalue weighted by Gasteiger charge is 2.09. The normalized spacial score (nSPS) is 10.5. The first-order valence-corrected chi connectivity index (χ1v) is 8.92. The summed E-state index contributed by atoms with van der Waals surface area (Å²) in [7, 11) is 0. The summed E-state index contributed by atoms with van der Waals surface area (Å²) in [4.78, 5) is 29.1.